The molecule has 16 heavy (non-hydrogen) atoms. The zero-order valence-electron chi connectivity index (χ0n) is 7.51. The Labute approximate surface area is 85.5 Å². The molecule has 1 aliphatic rings. The quantitative estimate of drug-likeness (QED) is 0.602. The van der Waals surface area contributed by atoms with Gasteiger partial charge in [-0.1, -0.05) is 6.08 Å². The number of hydrogen-bond acceptors (Lipinski definition) is 1. The third kappa shape index (κ3) is 2.89. The monoisotopic (exact) mass is 248 g/mol. The van der Waals surface area contributed by atoms with E-state index in [4.69, 9.17) is 5.11 Å². The van der Waals surface area contributed by atoms with Crippen molar-refractivity contribution >= 4 is 5.97 Å². The van der Waals surface area contributed by atoms with Crippen molar-refractivity contribution < 1.29 is 36.2 Å². The third-order valence-electron chi connectivity index (χ3n) is 2.25. The van der Waals surface area contributed by atoms with E-state index in [0.29, 0.717) is 0 Å². The maximum Gasteiger partial charge on any atom is 0.409 e. The molecule has 0 spiro atoms. The standard InChI is InChI=1S/C8H6F6O2/c9-7(10,11)2-1-3-4(6(15)16)5(3)8(12,13)14/h1-5H,(H,15,16). The molecule has 0 aliphatic heterocycles. The fourth-order valence-electron chi connectivity index (χ4n) is 1.53. The molecule has 0 aromatic heterocycles. The first-order valence-corrected chi connectivity index (χ1v) is 4.09. The predicted octanol–water partition coefficient (Wildman–Crippen LogP) is 2.61. The first kappa shape index (κ1) is 12.9. The molecule has 1 saturated carbocycles. The van der Waals surface area contributed by atoms with Crippen LogP contribution in [0.15, 0.2) is 12.2 Å². The van der Waals surface area contributed by atoms with Crippen molar-refractivity contribution in [2.24, 2.45) is 17.8 Å². The predicted molar refractivity (Wildman–Crippen MR) is 39.4 cm³/mol. The topological polar surface area (TPSA) is 37.3 Å². The molecule has 0 radical (unpaired) electrons. The highest BCUT2D eigenvalue weighted by atomic mass is 19.4. The number of carbonyl (C=O) groups is 1. The average Bonchev–Trinajstić information content (AvgIpc) is 2.71. The van der Waals surface area contributed by atoms with Crippen molar-refractivity contribution in [1.82, 2.24) is 0 Å². The van der Waals surface area contributed by atoms with Gasteiger partial charge in [0, 0.05) is 12.0 Å². The van der Waals surface area contributed by atoms with Gasteiger partial charge in [0.25, 0.3) is 0 Å². The van der Waals surface area contributed by atoms with Crippen LogP contribution in [0.1, 0.15) is 0 Å². The Morgan fingerprint density at radius 2 is 1.62 bits per heavy atom. The number of halogens is 6. The summed E-state index contributed by atoms with van der Waals surface area (Å²) in [4.78, 5) is 10.3. The normalized spacial score (nSPS) is 30.8. The summed E-state index contributed by atoms with van der Waals surface area (Å²) >= 11 is 0. The molecule has 0 saturated heterocycles. The minimum atomic E-state index is -4.79. The van der Waals surface area contributed by atoms with Crippen molar-refractivity contribution in [3.8, 4) is 0 Å². The van der Waals surface area contributed by atoms with Gasteiger partial charge >= 0.3 is 18.3 Å². The van der Waals surface area contributed by atoms with Gasteiger partial charge in [0.1, 0.15) is 0 Å². The van der Waals surface area contributed by atoms with E-state index in [1.807, 2.05) is 0 Å². The minimum absolute atomic E-state index is 0.261. The first-order valence-electron chi connectivity index (χ1n) is 4.09. The SMILES string of the molecule is O=C(O)C1C(C=CC(F)(F)F)C1C(F)(F)F. The summed E-state index contributed by atoms with van der Waals surface area (Å²) in [5.74, 6) is -7.39. The number of alkyl halides is 6. The molecule has 92 valence electrons. The smallest absolute Gasteiger partial charge is 0.409 e. The van der Waals surface area contributed by atoms with E-state index in [1.165, 1.54) is 0 Å². The number of hydrogen-bond donors (Lipinski definition) is 1. The van der Waals surface area contributed by atoms with Crippen molar-refractivity contribution in [2.75, 3.05) is 0 Å². The van der Waals surface area contributed by atoms with Crippen LogP contribution < -0.4 is 0 Å². The Morgan fingerprint density at radius 1 is 1.12 bits per heavy atom. The molecule has 0 amide bonds. The fourth-order valence-corrected chi connectivity index (χ4v) is 1.53. The number of carboxylic acids is 1. The lowest BCUT2D eigenvalue weighted by molar-refractivity contribution is -0.160. The maximum absolute atomic E-state index is 12.1. The van der Waals surface area contributed by atoms with E-state index >= 15 is 0 Å². The van der Waals surface area contributed by atoms with Crippen LogP contribution in [-0.2, 0) is 4.79 Å². The van der Waals surface area contributed by atoms with E-state index < -0.39 is 36.1 Å². The summed E-state index contributed by atoms with van der Waals surface area (Å²) in [5, 5.41) is 8.37. The molecule has 2 nitrogen and oxygen atoms in total. The van der Waals surface area contributed by atoms with Crippen molar-refractivity contribution in [3.05, 3.63) is 12.2 Å². The van der Waals surface area contributed by atoms with E-state index in [2.05, 4.69) is 0 Å². The van der Waals surface area contributed by atoms with Crippen LogP contribution in [0.4, 0.5) is 26.3 Å². The molecule has 0 bridgehead atoms. The van der Waals surface area contributed by atoms with Crippen LogP contribution in [0, 0.1) is 17.8 Å². The zero-order chi connectivity index (χ0) is 12.7. The highest BCUT2D eigenvalue weighted by Gasteiger charge is 2.66. The van der Waals surface area contributed by atoms with Gasteiger partial charge in [-0.25, -0.2) is 0 Å². The number of rotatable bonds is 2. The minimum Gasteiger partial charge on any atom is -0.481 e. The van der Waals surface area contributed by atoms with Crippen LogP contribution in [-0.4, -0.2) is 23.4 Å². The molecule has 0 heterocycles. The van der Waals surface area contributed by atoms with Crippen LogP contribution in [0.5, 0.6) is 0 Å². The van der Waals surface area contributed by atoms with E-state index in [9.17, 15) is 31.1 Å². The third-order valence-corrected chi connectivity index (χ3v) is 2.25. The van der Waals surface area contributed by atoms with Gasteiger partial charge in [0.15, 0.2) is 0 Å². The molecule has 3 unspecified atom stereocenters. The number of carboxylic acid groups (broad SMARTS) is 1. The van der Waals surface area contributed by atoms with Crippen LogP contribution in [0.25, 0.3) is 0 Å². The van der Waals surface area contributed by atoms with Crippen molar-refractivity contribution in [3.63, 3.8) is 0 Å². The van der Waals surface area contributed by atoms with E-state index in [0.717, 1.165) is 0 Å². The Hall–Kier alpha value is -1.21. The Morgan fingerprint density at radius 3 is 1.88 bits per heavy atom. The molecule has 1 fully saturated rings. The largest absolute Gasteiger partial charge is 0.481 e. The Balaban J connectivity index is 2.76. The summed E-state index contributed by atoms with van der Waals surface area (Å²) in [6.07, 6.45) is -9.62. The molecule has 1 aliphatic carbocycles. The molecule has 8 heteroatoms. The van der Waals surface area contributed by atoms with Crippen LogP contribution in [0.2, 0.25) is 0 Å². The molecule has 0 aromatic rings. The summed E-state index contributed by atoms with van der Waals surface area (Å²) in [6.45, 7) is 0. The lowest BCUT2D eigenvalue weighted by Gasteiger charge is -2.03. The van der Waals surface area contributed by atoms with Gasteiger partial charge in [-0.05, 0) is 0 Å². The zero-order valence-corrected chi connectivity index (χ0v) is 7.51. The summed E-state index contributed by atoms with van der Waals surface area (Å²) in [7, 11) is 0. The van der Waals surface area contributed by atoms with E-state index in [-0.39, 0.29) is 12.2 Å². The van der Waals surface area contributed by atoms with Crippen molar-refractivity contribution in [1.29, 1.82) is 0 Å². The molecule has 0 aromatic carbocycles. The lowest BCUT2D eigenvalue weighted by atomic mass is 10.3. The molecular weight excluding hydrogens is 242 g/mol. The second kappa shape index (κ2) is 3.67. The Kier molecular flexibility index (Phi) is 2.95. The van der Waals surface area contributed by atoms with Gasteiger partial charge in [-0.15, -0.1) is 0 Å². The highest BCUT2D eigenvalue weighted by molar-refractivity contribution is 5.75. The van der Waals surface area contributed by atoms with Crippen LogP contribution in [0.3, 0.4) is 0 Å². The first-order chi connectivity index (χ1) is 7.04. The van der Waals surface area contributed by atoms with Gasteiger partial charge in [0.05, 0.1) is 11.8 Å². The molecule has 1 N–H and O–H groups in total. The van der Waals surface area contributed by atoms with E-state index in [1.54, 1.807) is 0 Å². The summed E-state index contributed by atoms with van der Waals surface area (Å²) < 4.78 is 71.5. The molecular formula is C8H6F6O2. The number of aliphatic carboxylic acids is 1. The summed E-state index contributed by atoms with van der Waals surface area (Å²) in [6, 6.07) is 0. The molecule has 3 atom stereocenters. The van der Waals surface area contributed by atoms with Crippen LogP contribution >= 0.6 is 0 Å². The molecule has 1 rings (SSSR count). The maximum atomic E-state index is 12.1. The fraction of sp³-hybridized carbons (Fsp3) is 0.625. The lowest BCUT2D eigenvalue weighted by Crippen LogP contribution is -2.15. The number of allylic oxidation sites excluding steroid dienone is 2. The Bertz CT molecular complexity index is 315. The van der Waals surface area contributed by atoms with Crippen molar-refractivity contribution in [2.45, 2.75) is 12.4 Å². The van der Waals surface area contributed by atoms with Gasteiger partial charge in [-0.3, -0.25) is 4.79 Å². The highest BCUT2D eigenvalue weighted by Crippen LogP contribution is 2.56. The van der Waals surface area contributed by atoms with Gasteiger partial charge < -0.3 is 5.11 Å². The second-order valence-corrected chi connectivity index (χ2v) is 3.41. The second-order valence-electron chi connectivity index (χ2n) is 3.41. The summed E-state index contributed by atoms with van der Waals surface area (Å²) in [5.41, 5.74) is 0. The van der Waals surface area contributed by atoms with Gasteiger partial charge in [-0.2, -0.15) is 26.3 Å². The average molecular weight is 248 g/mol. The van der Waals surface area contributed by atoms with Gasteiger partial charge in [0.2, 0.25) is 0 Å².